The first-order chi connectivity index (χ1) is 14.5. The fourth-order valence-corrected chi connectivity index (χ4v) is 4.23. The summed E-state index contributed by atoms with van der Waals surface area (Å²) in [7, 11) is 1.50. The Bertz CT molecular complexity index is 1270. The summed E-state index contributed by atoms with van der Waals surface area (Å²) >= 11 is 1.42. The summed E-state index contributed by atoms with van der Waals surface area (Å²) in [4.78, 5) is 29.2. The third-order valence-corrected chi connectivity index (χ3v) is 5.77. The number of nitrogens with two attached hydrogens (primary N) is 1. The Morgan fingerprint density at radius 2 is 1.84 bits per heavy atom. The second-order valence-corrected chi connectivity index (χ2v) is 7.74. The fourth-order valence-electron chi connectivity index (χ4n) is 3.19. The summed E-state index contributed by atoms with van der Waals surface area (Å²) in [6.07, 6.45) is 2.48. The Kier molecular flexibility index (Phi) is 8.57. The summed E-state index contributed by atoms with van der Waals surface area (Å²) in [6, 6.07) is 9.76. The molecule has 32 heavy (non-hydrogen) atoms. The average Bonchev–Trinajstić information content (AvgIpc) is 3.30. The van der Waals surface area contributed by atoms with Crippen LogP contribution < -0.4 is 16.4 Å². The maximum absolute atomic E-state index is 14.6. The molecule has 0 unspecified atom stereocenters. The molecule has 0 fully saturated rings. The van der Waals surface area contributed by atoms with Crippen molar-refractivity contribution >= 4 is 63.1 Å². The molecule has 0 spiro atoms. The van der Waals surface area contributed by atoms with Gasteiger partial charge < -0.3 is 16.4 Å². The minimum Gasteiger partial charge on any atom is -0.355 e. The molecule has 170 valence electrons. The van der Waals surface area contributed by atoms with E-state index in [9.17, 15) is 14.0 Å². The monoisotopic (exact) mass is 497 g/mol. The average molecular weight is 498 g/mol. The van der Waals surface area contributed by atoms with Gasteiger partial charge in [-0.15, -0.1) is 24.8 Å². The highest BCUT2D eigenvalue weighted by atomic mass is 35.5. The van der Waals surface area contributed by atoms with E-state index in [4.69, 9.17) is 5.73 Å². The molecule has 4 rings (SSSR count). The molecule has 0 aliphatic rings. The van der Waals surface area contributed by atoms with Crippen molar-refractivity contribution in [2.24, 2.45) is 5.73 Å². The van der Waals surface area contributed by atoms with Crippen molar-refractivity contribution in [1.82, 2.24) is 20.0 Å². The SMILES string of the molecule is CNC(=O)c1ccc(-c2cn3c(n2)sc2cc(C(=O)NCCCN)ccc23)c(F)c1.Cl.Cl. The Morgan fingerprint density at radius 1 is 1.12 bits per heavy atom. The first kappa shape index (κ1) is 25.5. The Hall–Kier alpha value is -2.72. The number of thiazole rings is 1. The fraction of sp³-hybridized carbons (Fsp3) is 0.190. The number of imidazole rings is 1. The van der Waals surface area contributed by atoms with Crippen LogP contribution in [0.15, 0.2) is 42.6 Å². The van der Waals surface area contributed by atoms with Gasteiger partial charge in [-0.1, -0.05) is 11.3 Å². The van der Waals surface area contributed by atoms with Crippen molar-refractivity contribution in [3.8, 4) is 11.3 Å². The quantitative estimate of drug-likeness (QED) is 0.354. The van der Waals surface area contributed by atoms with Gasteiger partial charge in [-0.3, -0.25) is 14.0 Å². The highest BCUT2D eigenvalue weighted by Crippen LogP contribution is 2.31. The lowest BCUT2D eigenvalue weighted by Crippen LogP contribution is -2.25. The summed E-state index contributed by atoms with van der Waals surface area (Å²) in [6.45, 7) is 1.06. The number of carbonyl (C=O) groups is 2. The lowest BCUT2D eigenvalue weighted by molar-refractivity contribution is 0.0949. The minimum atomic E-state index is -0.511. The number of fused-ring (bicyclic) bond motifs is 3. The molecule has 2 aromatic carbocycles. The van der Waals surface area contributed by atoms with Crippen LogP contribution >= 0.6 is 36.2 Å². The molecular formula is C21H22Cl2FN5O2S. The number of benzene rings is 2. The molecule has 7 nitrogen and oxygen atoms in total. The molecule has 2 aromatic heterocycles. The van der Waals surface area contributed by atoms with Crippen LogP contribution in [0.2, 0.25) is 0 Å². The van der Waals surface area contributed by atoms with Crippen LogP contribution in [-0.4, -0.2) is 41.3 Å². The molecule has 4 N–H and O–H groups in total. The molecule has 0 aliphatic carbocycles. The van der Waals surface area contributed by atoms with Gasteiger partial charge in [-0.05, 0) is 49.4 Å². The van der Waals surface area contributed by atoms with E-state index in [-0.39, 0.29) is 42.2 Å². The van der Waals surface area contributed by atoms with Gasteiger partial charge in [0.15, 0.2) is 4.96 Å². The lowest BCUT2D eigenvalue weighted by atomic mass is 10.1. The van der Waals surface area contributed by atoms with E-state index in [2.05, 4.69) is 15.6 Å². The van der Waals surface area contributed by atoms with Gasteiger partial charge in [0.1, 0.15) is 5.82 Å². The molecule has 0 atom stereocenters. The van der Waals surface area contributed by atoms with E-state index >= 15 is 0 Å². The number of nitrogens with one attached hydrogen (secondary N) is 2. The standard InChI is InChI=1S/C21H20FN5O2S.2ClH/c1-24-19(28)12-3-5-14(15(22)9-12)16-11-27-17-6-4-13(20(29)25-8-2-7-23)10-18(17)30-21(27)26-16;;/h3-6,9-11H,2,7-8,23H2,1H3,(H,24,28)(H,25,29);2*1H. The normalized spacial score (nSPS) is 10.5. The molecule has 0 saturated carbocycles. The number of halogens is 3. The number of rotatable bonds is 6. The van der Waals surface area contributed by atoms with Crippen molar-refractivity contribution in [2.45, 2.75) is 6.42 Å². The molecule has 4 aromatic rings. The summed E-state index contributed by atoms with van der Waals surface area (Å²) in [5, 5.41) is 5.31. The van der Waals surface area contributed by atoms with Gasteiger partial charge in [0.05, 0.1) is 15.9 Å². The predicted molar refractivity (Wildman–Crippen MR) is 130 cm³/mol. The van der Waals surface area contributed by atoms with Gasteiger partial charge in [0, 0.05) is 36.5 Å². The third-order valence-electron chi connectivity index (χ3n) is 4.76. The highest BCUT2D eigenvalue weighted by molar-refractivity contribution is 7.23. The van der Waals surface area contributed by atoms with Crippen molar-refractivity contribution in [2.75, 3.05) is 20.1 Å². The topological polar surface area (TPSA) is 102 Å². The number of aromatic nitrogens is 2. The largest absolute Gasteiger partial charge is 0.355 e. The molecule has 0 aliphatic heterocycles. The summed E-state index contributed by atoms with van der Waals surface area (Å²) in [5.41, 5.74) is 7.96. The second kappa shape index (κ2) is 10.7. The van der Waals surface area contributed by atoms with Crippen molar-refractivity contribution in [1.29, 1.82) is 0 Å². The minimum absolute atomic E-state index is 0. The van der Waals surface area contributed by atoms with Gasteiger partial charge in [-0.25, -0.2) is 9.37 Å². The first-order valence-corrected chi connectivity index (χ1v) is 10.3. The second-order valence-electron chi connectivity index (χ2n) is 6.74. The number of carbonyl (C=O) groups excluding carboxylic acids is 2. The van der Waals surface area contributed by atoms with Crippen LogP contribution in [0.5, 0.6) is 0 Å². The maximum Gasteiger partial charge on any atom is 0.251 e. The zero-order valence-electron chi connectivity index (χ0n) is 17.1. The molecule has 0 saturated heterocycles. The molecule has 11 heteroatoms. The Balaban J connectivity index is 0.00000181. The first-order valence-electron chi connectivity index (χ1n) is 9.43. The van der Waals surface area contributed by atoms with Crippen LogP contribution in [0, 0.1) is 5.82 Å². The van der Waals surface area contributed by atoms with E-state index in [0.717, 1.165) is 16.6 Å². The number of nitrogens with zero attached hydrogens (tertiary/aromatic N) is 2. The Labute approximate surface area is 200 Å². The number of hydrogen-bond donors (Lipinski definition) is 3. The Morgan fingerprint density at radius 3 is 2.53 bits per heavy atom. The van der Waals surface area contributed by atoms with Crippen LogP contribution in [-0.2, 0) is 0 Å². The van der Waals surface area contributed by atoms with E-state index < -0.39 is 5.82 Å². The third kappa shape index (κ3) is 4.86. The van der Waals surface area contributed by atoms with Crippen LogP contribution in [0.25, 0.3) is 26.4 Å². The molecule has 2 amide bonds. The summed E-state index contributed by atoms with van der Waals surface area (Å²) < 4.78 is 17.4. The lowest BCUT2D eigenvalue weighted by Gasteiger charge is -2.04. The molecule has 0 radical (unpaired) electrons. The van der Waals surface area contributed by atoms with E-state index in [1.54, 1.807) is 24.4 Å². The summed E-state index contributed by atoms with van der Waals surface area (Å²) in [5.74, 6) is -1.00. The van der Waals surface area contributed by atoms with Gasteiger partial charge in [-0.2, -0.15) is 0 Å². The van der Waals surface area contributed by atoms with Crippen LogP contribution in [0.3, 0.4) is 0 Å². The van der Waals surface area contributed by atoms with E-state index in [1.165, 1.54) is 24.5 Å². The number of hydrogen-bond acceptors (Lipinski definition) is 5. The predicted octanol–water partition coefficient (Wildman–Crippen LogP) is 3.64. The molecule has 0 bridgehead atoms. The van der Waals surface area contributed by atoms with Crippen LogP contribution in [0.1, 0.15) is 27.1 Å². The maximum atomic E-state index is 14.6. The number of amides is 2. The van der Waals surface area contributed by atoms with Crippen molar-refractivity contribution in [3.63, 3.8) is 0 Å². The molecular weight excluding hydrogens is 476 g/mol. The highest BCUT2D eigenvalue weighted by Gasteiger charge is 2.16. The van der Waals surface area contributed by atoms with E-state index in [0.29, 0.717) is 34.9 Å². The zero-order chi connectivity index (χ0) is 21.3. The molecule has 2 heterocycles. The van der Waals surface area contributed by atoms with Gasteiger partial charge in [0.2, 0.25) is 0 Å². The van der Waals surface area contributed by atoms with Crippen molar-refractivity contribution < 1.29 is 14.0 Å². The zero-order valence-corrected chi connectivity index (χ0v) is 19.5. The van der Waals surface area contributed by atoms with E-state index in [1.807, 2.05) is 16.5 Å². The van der Waals surface area contributed by atoms with Crippen molar-refractivity contribution in [3.05, 3.63) is 59.5 Å². The van der Waals surface area contributed by atoms with Crippen LogP contribution in [0.4, 0.5) is 4.39 Å². The van der Waals surface area contributed by atoms with Gasteiger partial charge in [0.25, 0.3) is 11.8 Å². The van der Waals surface area contributed by atoms with Gasteiger partial charge >= 0.3 is 0 Å². The smallest absolute Gasteiger partial charge is 0.251 e.